The molecule has 0 unspecified atom stereocenters. The number of ether oxygens (including phenoxy) is 1. The minimum atomic E-state index is 0.332. The van der Waals surface area contributed by atoms with Crippen molar-refractivity contribution in [3.05, 3.63) is 36.0 Å². The number of rotatable bonds is 3. The van der Waals surface area contributed by atoms with E-state index in [9.17, 15) is 4.79 Å². The first-order chi connectivity index (χ1) is 6.40. The van der Waals surface area contributed by atoms with Crippen molar-refractivity contribution in [3.8, 4) is 0 Å². The summed E-state index contributed by atoms with van der Waals surface area (Å²) in [6.07, 6.45) is 1.88. The Labute approximate surface area is 75.3 Å². The van der Waals surface area contributed by atoms with Gasteiger partial charge in [0.2, 0.25) is 0 Å². The molecular formula is C10H9NO2. The van der Waals surface area contributed by atoms with Crippen molar-refractivity contribution in [2.24, 2.45) is 0 Å². The predicted molar refractivity (Wildman–Crippen MR) is 49.2 cm³/mol. The quantitative estimate of drug-likeness (QED) is 0.723. The maximum absolute atomic E-state index is 9.96. The Balaban J connectivity index is 2.31. The van der Waals surface area contributed by atoms with Gasteiger partial charge in [-0.1, -0.05) is 12.1 Å². The van der Waals surface area contributed by atoms with Crippen molar-refractivity contribution in [1.82, 2.24) is 4.98 Å². The second kappa shape index (κ2) is 3.31. The fourth-order valence-corrected chi connectivity index (χ4v) is 1.32. The summed E-state index contributed by atoms with van der Waals surface area (Å²) in [6, 6.07) is 7.91. The van der Waals surface area contributed by atoms with Crippen LogP contribution >= 0.6 is 0 Å². The predicted octanol–water partition coefficient (Wildman–Crippen LogP) is 1.84. The summed E-state index contributed by atoms with van der Waals surface area (Å²) in [5, 5.41) is 1.16. The highest BCUT2D eigenvalue weighted by Gasteiger charge is 1.96. The summed E-state index contributed by atoms with van der Waals surface area (Å²) in [6.45, 7) is 0.789. The Kier molecular flexibility index (Phi) is 2.00. The summed E-state index contributed by atoms with van der Waals surface area (Å²) in [5.74, 6) is 0. The lowest BCUT2D eigenvalue weighted by atomic mass is 10.2. The second-order valence-electron chi connectivity index (χ2n) is 2.81. The van der Waals surface area contributed by atoms with Crippen LogP contribution < -0.4 is 0 Å². The number of carbonyl (C=O) groups is 1. The van der Waals surface area contributed by atoms with E-state index in [2.05, 4.69) is 9.72 Å². The molecule has 0 saturated carbocycles. The minimum Gasteiger partial charge on any atom is -0.463 e. The number of hydrogen-bond donors (Lipinski definition) is 1. The van der Waals surface area contributed by atoms with E-state index in [0.29, 0.717) is 13.1 Å². The molecule has 1 heterocycles. The van der Waals surface area contributed by atoms with E-state index in [4.69, 9.17) is 0 Å². The summed E-state index contributed by atoms with van der Waals surface area (Å²) < 4.78 is 4.65. The molecule has 1 N–H and O–H groups in total. The highest BCUT2D eigenvalue weighted by Crippen LogP contribution is 2.14. The Morgan fingerprint density at radius 2 is 2.31 bits per heavy atom. The molecule has 0 aliphatic rings. The van der Waals surface area contributed by atoms with Crippen molar-refractivity contribution >= 4 is 17.4 Å². The first-order valence-electron chi connectivity index (χ1n) is 4.01. The fraction of sp³-hybridized carbons (Fsp3) is 0.100. The van der Waals surface area contributed by atoms with E-state index in [-0.39, 0.29) is 0 Å². The van der Waals surface area contributed by atoms with Gasteiger partial charge in [-0.15, -0.1) is 0 Å². The van der Waals surface area contributed by atoms with Gasteiger partial charge < -0.3 is 9.72 Å². The maximum atomic E-state index is 9.96. The molecule has 0 saturated heterocycles. The fourth-order valence-electron chi connectivity index (χ4n) is 1.32. The van der Waals surface area contributed by atoms with E-state index in [1.807, 2.05) is 30.5 Å². The molecule has 13 heavy (non-hydrogen) atoms. The molecular weight excluding hydrogens is 166 g/mol. The van der Waals surface area contributed by atoms with Crippen LogP contribution in [-0.4, -0.2) is 11.5 Å². The molecule has 0 bridgehead atoms. The highest BCUT2D eigenvalue weighted by molar-refractivity contribution is 5.79. The third-order valence-corrected chi connectivity index (χ3v) is 1.94. The SMILES string of the molecule is O=COCc1ccc2cc[nH]c2c1. The van der Waals surface area contributed by atoms with Gasteiger partial charge in [-0.2, -0.15) is 0 Å². The largest absolute Gasteiger partial charge is 0.463 e. The third-order valence-electron chi connectivity index (χ3n) is 1.94. The number of carbonyl (C=O) groups excluding carboxylic acids is 1. The minimum absolute atomic E-state index is 0.332. The number of aromatic nitrogens is 1. The molecule has 0 fully saturated rings. The van der Waals surface area contributed by atoms with Gasteiger partial charge in [0.1, 0.15) is 6.61 Å². The monoisotopic (exact) mass is 175 g/mol. The zero-order chi connectivity index (χ0) is 9.10. The molecule has 0 amide bonds. The summed E-state index contributed by atoms with van der Waals surface area (Å²) in [5.41, 5.74) is 2.05. The summed E-state index contributed by atoms with van der Waals surface area (Å²) >= 11 is 0. The molecule has 1 aromatic carbocycles. The van der Waals surface area contributed by atoms with Crippen molar-refractivity contribution in [1.29, 1.82) is 0 Å². The van der Waals surface area contributed by atoms with Crippen LogP contribution in [0.15, 0.2) is 30.5 Å². The van der Waals surface area contributed by atoms with Gasteiger partial charge in [-0.25, -0.2) is 0 Å². The normalized spacial score (nSPS) is 10.2. The first-order valence-corrected chi connectivity index (χ1v) is 4.01. The van der Waals surface area contributed by atoms with Gasteiger partial charge in [0.25, 0.3) is 6.47 Å². The van der Waals surface area contributed by atoms with E-state index in [1.54, 1.807) is 0 Å². The van der Waals surface area contributed by atoms with E-state index in [0.717, 1.165) is 16.5 Å². The van der Waals surface area contributed by atoms with Crippen molar-refractivity contribution in [2.75, 3.05) is 0 Å². The highest BCUT2D eigenvalue weighted by atomic mass is 16.5. The zero-order valence-corrected chi connectivity index (χ0v) is 6.99. The average Bonchev–Trinajstić information content (AvgIpc) is 2.61. The topological polar surface area (TPSA) is 42.1 Å². The second-order valence-corrected chi connectivity index (χ2v) is 2.81. The number of hydrogen-bond acceptors (Lipinski definition) is 2. The summed E-state index contributed by atoms with van der Waals surface area (Å²) in [4.78, 5) is 13.1. The lowest BCUT2D eigenvalue weighted by molar-refractivity contribution is -0.129. The molecule has 2 aromatic rings. The molecule has 66 valence electrons. The van der Waals surface area contributed by atoms with Gasteiger partial charge in [-0.3, -0.25) is 4.79 Å². The van der Waals surface area contributed by atoms with Gasteiger partial charge in [0.15, 0.2) is 0 Å². The van der Waals surface area contributed by atoms with Crippen LogP contribution in [0.2, 0.25) is 0 Å². The van der Waals surface area contributed by atoms with E-state index < -0.39 is 0 Å². The Hall–Kier alpha value is -1.77. The number of benzene rings is 1. The zero-order valence-electron chi connectivity index (χ0n) is 6.99. The Bertz CT molecular complexity index is 420. The van der Waals surface area contributed by atoms with Gasteiger partial charge in [0, 0.05) is 11.7 Å². The molecule has 3 nitrogen and oxygen atoms in total. The molecule has 1 aromatic heterocycles. The molecule has 0 aliphatic carbocycles. The van der Waals surface area contributed by atoms with Gasteiger partial charge >= 0.3 is 0 Å². The molecule has 0 radical (unpaired) electrons. The third kappa shape index (κ3) is 1.54. The van der Waals surface area contributed by atoms with Crippen LogP contribution in [0.5, 0.6) is 0 Å². The van der Waals surface area contributed by atoms with Crippen molar-refractivity contribution < 1.29 is 9.53 Å². The molecule has 0 atom stereocenters. The lowest BCUT2D eigenvalue weighted by Gasteiger charge is -1.98. The van der Waals surface area contributed by atoms with E-state index in [1.165, 1.54) is 0 Å². The van der Waals surface area contributed by atoms with Crippen LogP contribution in [0, 0.1) is 0 Å². The summed E-state index contributed by atoms with van der Waals surface area (Å²) in [7, 11) is 0. The number of aromatic amines is 1. The maximum Gasteiger partial charge on any atom is 0.293 e. The van der Waals surface area contributed by atoms with Crippen molar-refractivity contribution in [3.63, 3.8) is 0 Å². The van der Waals surface area contributed by atoms with Crippen LogP contribution in [-0.2, 0) is 16.1 Å². The first kappa shape index (κ1) is 7.86. The Morgan fingerprint density at radius 3 is 3.15 bits per heavy atom. The number of H-pyrrole nitrogens is 1. The van der Waals surface area contributed by atoms with E-state index >= 15 is 0 Å². The van der Waals surface area contributed by atoms with Crippen LogP contribution in [0.4, 0.5) is 0 Å². The smallest absolute Gasteiger partial charge is 0.293 e. The van der Waals surface area contributed by atoms with Gasteiger partial charge in [0.05, 0.1) is 0 Å². The number of nitrogens with one attached hydrogen (secondary N) is 1. The Morgan fingerprint density at radius 1 is 1.38 bits per heavy atom. The van der Waals surface area contributed by atoms with Crippen LogP contribution in [0.3, 0.4) is 0 Å². The standard InChI is InChI=1S/C10H9NO2/c12-7-13-6-8-1-2-9-3-4-11-10(9)5-8/h1-5,7,11H,6H2. The molecule has 3 heteroatoms. The van der Waals surface area contributed by atoms with Crippen LogP contribution in [0.25, 0.3) is 10.9 Å². The molecule has 2 rings (SSSR count). The average molecular weight is 175 g/mol. The van der Waals surface area contributed by atoms with Crippen molar-refractivity contribution in [2.45, 2.75) is 6.61 Å². The molecule has 0 aliphatic heterocycles. The van der Waals surface area contributed by atoms with Gasteiger partial charge in [-0.05, 0) is 23.1 Å². The number of fused-ring (bicyclic) bond motifs is 1. The lowest BCUT2D eigenvalue weighted by Crippen LogP contribution is -1.89. The molecule has 0 spiro atoms. The van der Waals surface area contributed by atoms with Crippen LogP contribution in [0.1, 0.15) is 5.56 Å².